The Hall–Kier alpha value is -1.05. The van der Waals surface area contributed by atoms with Gasteiger partial charge in [0.2, 0.25) is 0 Å². The summed E-state index contributed by atoms with van der Waals surface area (Å²) in [5, 5.41) is 10.7. The molecule has 0 aliphatic carbocycles. The summed E-state index contributed by atoms with van der Waals surface area (Å²) in [6.07, 6.45) is 0. The molecule has 0 aliphatic heterocycles. The molecule has 0 N–H and O–H groups in total. The first-order valence-electron chi connectivity index (χ1n) is 4.10. The molecule has 0 atom stereocenters. The number of halogens is 1. The smallest absolute Gasteiger partial charge is 0.266 e. The zero-order valence-electron chi connectivity index (χ0n) is 7.66. The highest BCUT2D eigenvalue weighted by Crippen LogP contribution is 2.23. The Labute approximate surface area is 91.5 Å². The van der Waals surface area contributed by atoms with Crippen LogP contribution < -0.4 is 0 Å². The minimum atomic E-state index is -0.172. The predicted octanol–water partition coefficient (Wildman–Crippen LogP) is 2.39. The molecule has 0 fully saturated rings. The Bertz CT molecular complexity index is 369. The van der Waals surface area contributed by atoms with Gasteiger partial charge in [0.1, 0.15) is 11.4 Å². The summed E-state index contributed by atoms with van der Waals surface area (Å²) in [5.41, 5.74) is 0. The molecule has 74 valence electrons. The molecule has 0 saturated heterocycles. The van der Waals surface area contributed by atoms with Gasteiger partial charge in [-0.2, -0.15) is 5.26 Å². The van der Waals surface area contributed by atoms with Crippen molar-refractivity contribution in [3.8, 4) is 6.07 Å². The molecule has 1 rings (SSSR count). The predicted molar refractivity (Wildman–Crippen MR) is 56.5 cm³/mol. The molecule has 1 aromatic rings. The quantitative estimate of drug-likeness (QED) is 0.746. The summed E-state index contributed by atoms with van der Waals surface area (Å²) in [4.78, 5) is 13.7. The Morgan fingerprint density at radius 3 is 2.93 bits per heavy atom. The van der Waals surface area contributed by atoms with Gasteiger partial charge in [0, 0.05) is 6.54 Å². The van der Waals surface area contributed by atoms with Crippen LogP contribution in [0.2, 0.25) is 5.02 Å². The monoisotopic (exact) mass is 228 g/mol. The molecule has 1 heterocycles. The molecule has 14 heavy (non-hydrogen) atoms. The molecule has 1 amide bonds. The summed E-state index contributed by atoms with van der Waals surface area (Å²) in [5.74, 6) is -0.172. The number of hydrogen-bond donors (Lipinski definition) is 0. The van der Waals surface area contributed by atoms with Crippen molar-refractivity contribution in [3.05, 3.63) is 21.3 Å². The zero-order valence-corrected chi connectivity index (χ0v) is 9.23. The van der Waals surface area contributed by atoms with Crippen LogP contribution in [0.15, 0.2) is 11.4 Å². The molecular formula is C9H9ClN2OS. The summed E-state index contributed by atoms with van der Waals surface area (Å²) in [6.45, 7) is 2.45. The van der Waals surface area contributed by atoms with E-state index < -0.39 is 0 Å². The van der Waals surface area contributed by atoms with Crippen molar-refractivity contribution in [2.75, 3.05) is 13.1 Å². The lowest BCUT2D eigenvalue weighted by Crippen LogP contribution is -2.30. The summed E-state index contributed by atoms with van der Waals surface area (Å²) in [7, 11) is 0. The minimum Gasteiger partial charge on any atom is -0.325 e. The summed E-state index contributed by atoms with van der Waals surface area (Å²) in [6, 6.07) is 3.63. The molecule has 0 bridgehead atoms. The first-order valence-corrected chi connectivity index (χ1v) is 5.35. The van der Waals surface area contributed by atoms with E-state index in [1.807, 2.05) is 13.0 Å². The fraction of sp³-hybridized carbons (Fsp3) is 0.333. The third-order valence-corrected chi connectivity index (χ3v) is 3.07. The number of amides is 1. The van der Waals surface area contributed by atoms with Gasteiger partial charge in [-0.1, -0.05) is 11.6 Å². The van der Waals surface area contributed by atoms with E-state index in [1.165, 1.54) is 16.2 Å². The number of carbonyl (C=O) groups excluding carboxylic acids is 1. The first-order chi connectivity index (χ1) is 6.70. The van der Waals surface area contributed by atoms with Crippen molar-refractivity contribution in [2.45, 2.75) is 6.92 Å². The zero-order chi connectivity index (χ0) is 10.6. The van der Waals surface area contributed by atoms with E-state index in [4.69, 9.17) is 16.9 Å². The van der Waals surface area contributed by atoms with Crippen LogP contribution in [0, 0.1) is 11.3 Å². The topological polar surface area (TPSA) is 44.1 Å². The molecule has 3 nitrogen and oxygen atoms in total. The molecule has 0 aliphatic rings. The van der Waals surface area contributed by atoms with E-state index in [0.29, 0.717) is 16.4 Å². The first kappa shape index (κ1) is 11.0. The van der Waals surface area contributed by atoms with Crippen LogP contribution in [0.25, 0.3) is 0 Å². The van der Waals surface area contributed by atoms with Gasteiger partial charge in [0.05, 0.1) is 11.1 Å². The average Bonchev–Trinajstić information content (AvgIpc) is 2.59. The number of nitrogens with zero attached hydrogens (tertiary/aromatic N) is 2. The van der Waals surface area contributed by atoms with Gasteiger partial charge in [-0.15, -0.1) is 11.3 Å². The van der Waals surface area contributed by atoms with Crippen molar-refractivity contribution in [1.29, 1.82) is 5.26 Å². The van der Waals surface area contributed by atoms with E-state index in [9.17, 15) is 4.79 Å². The second-order valence-corrected chi connectivity index (χ2v) is 3.90. The molecule has 0 saturated carbocycles. The van der Waals surface area contributed by atoms with Crippen LogP contribution in [0.1, 0.15) is 16.6 Å². The highest BCUT2D eigenvalue weighted by Gasteiger charge is 2.17. The van der Waals surface area contributed by atoms with Crippen molar-refractivity contribution in [2.24, 2.45) is 0 Å². The van der Waals surface area contributed by atoms with Gasteiger partial charge in [-0.3, -0.25) is 4.79 Å². The lowest BCUT2D eigenvalue weighted by molar-refractivity contribution is 0.0789. The molecule has 0 unspecified atom stereocenters. The van der Waals surface area contributed by atoms with Crippen LogP contribution in [0.4, 0.5) is 0 Å². The maximum atomic E-state index is 11.7. The number of rotatable bonds is 3. The van der Waals surface area contributed by atoms with Gasteiger partial charge in [0.25, 0.3) is 5.91 Å². The van der Waals surface area contributed by atoms with Crippen molar-refractivity contribution in [3.63, 3.8) is 0 Å². The van der Waals surface area contributed by atoms with Gasteiger partial charge in [-0.05, 0) is 18.4 Å². The van der Waals surface area contributed by atoms with E-state index in [-0.39, 0.29) is 12.5 Å². The Morgan fingerprint density at radius 1 is 1.79 bits per heavy atom. The number of hydrogen-bond acceptors (Lipinski definition) is 3. The standard InChI is InChI=1S/C9H9ClN2OS/c1-2-12(5-4-11)9(13)8-7(10)3-6-14-8/h3,6H,2,5H2,1H3. The maximum Gasteiger partial charge on any atom is 0.266 e. The van der Waals surface area contributed by atoms with Gasteiger partial charge in [0.15, 0.2) is 0 Å². The Kier molecular flexibility index (Phi) is 3.93. The lowest BCUT2D eigenvalue weighted by Gasteiger charge is -2.15. The molecule has 0 aromatic carbocycles. The second-order valence-electron chi connectivity index (χ2n) is 2.58. The van der Waals surface area contributed by atoms with Crippen LogP contribution in [-0.2, 0) is 0 Å². The molecule has 0 spiro atoms. The second kappa shape index (κ2) is 4.99. The largest absolute Gasteiger partial charge is 0.325 e. The van der Waals surface area contributed by atoms with Gasteiger partial charge < -0.3 is 4.90 Å². The fourth-order valence-electron chi connectivity index (χ4n) is 1.00. The van der Waals surface area contributed by atoms with Crippen molar-refractivity contribution >= 4 is 28.8 Å². The third kappa shape index (κ3) is 2.25. The highest BCUT2D eigenvalue weighted by molar-refractivity contribution is 7.12. The Balaban J connectivity index is 2.84. The average molecular weight is 229 g/mol. The summed E-state index contributed by atoms with van der Waals surface area (Å²) >= 11 is 7.11. The van der Waals surface area contributed by atoms with E-state index in [1.54, 1.807) is 11.4 Å². The minimum absolute atomic E-state index is 0.101. The van der Waals surface area contributed by atoms with E-state index in [0.717, 1.165) is 0 Å². The van der Waals surface area contributed by atoms with Crippen LogP contribution in [0.5, 0.6) is 0 Å². The number of nitriles is 1. The molecular weight excluding hydrogens is 220 g/mol. The van der Waals surface area contributed by atoms with E-state index >= 15 is 0 Å². The summed E-state index contributed by atoms with van der Waals surface area (Å²) < 4.78 is 0. The van der Waals surface area contributed by atoms with Crippen LogP contribution in [0.3, 0.4) is 0 Å². The SMILES string of the molecule is CCN(CC#N)C(=O)c1sccc1Cl. The normalized spacial score (nSPS) is 9.50. The van der Waals surface area contributed by atoms with Crippen LogP contribution >= 0.6 is 22.9 Å². The Morgan fingerprint density at radius 2 is 2.50 bits per heavy atom. The van der Waals surface area contributed by atoms with Crippen molar-refractivity contribution < 1.29 is 4.79 Å². The fourth-order valence-corrected chi connectivity index (χ4v) is 2.11. The van der Waals surface area contributed by atoms with Crippen LogP contribution in [-0.4, -0.2) is 23.9 Å². The highest BCUT2D eigenvalue weighted by atomic mass is 35.5. The van der Waals surface area contributed by atoms with E-state index in [2.05, 4.69) is 0 Å². The molecule has 0 radical (unpaired) electrons. The van der Waals surface area contributed by atoms with Crippen molar-refractivity contribution in [1.82, 2.24) is 4.90 Å². The lowest BCUT2D eigenvalue weighted by atomic mass is 10.4. The maximum absolute atomic E-state index is 11.7. The van der Waals surface area contributed by atoms with Gasteiger partial charge >= 0.3 is 0 Å². The molecule has 1 aromatic heterocycles. The number of carbonyl (C=O) groups is 1. The third-order valence-electron chi connectivity index (χ3n) is 1.74. The van der Waals surface area contributed by atoms with Gasteiger partial charge in [-0.25, -0.2) is 0 Å². The molecule has 5 heteroatoms. The number of thiophene rings is 1.